The van der Waals surface area contributed by atoms with E-state index in [9.17, 15) is 4.79 Å². The molecular formula is C6H13NO3. The van der Waals surface area contributed by atoms with Gasteiger partial charge in [0.05, 0.1) is 13.7 Å². The van der Waals surface area contributed by atoms with Crippen LogP contribution in [-0.2, 0) is 9.53 Å². The maximum Gasteiger partial charge on any atom is 0.322 e. The molecule has 0 saturated heterocycles. The molecule has 60 valence electrons. The van der Waals surface area contributed by atoms with E-state index in [1.54, 1.807) is 6.92 Å². The third-order valence-corrected chi connectivity index (χ3v) is 1.12. The van der Waals surface area contributed by atoms with E-state index in [2.05, 4.69) is 10.1 Å². The molecule has 0 radical (unpaired) electrons. The molecular weight excluding hydrogens is 134 g/mol. The lowest BCUT2D eigenvalue weighted by Crippen LogP contribution is -2.36. The first kappa shape index (κ1) is 9.39. The van der Waals surface area contributed by atoms with Gasteiger partial charge in [-0.2, -0.15) is 0 Å². The molecule has 0 bridgehead atoms. The van der Waals surface area contributed by atoms with Gasteiger partial charge < -0.3 is 15.2 Å². The van der Waals surface area contributed by atoms with Crippen LogP contribution in [0.3, 0.4) is 0 Å². The van der Waals surface area contributed by atoms with Gasteiger partial charge in [0.2, 0.25) is 0 Å². The van der Waals surface area contributed by atoms with Crippen LogP contribution in [0.5, 0.6) is 0 Å². The Labute approximate surface area is 60.2 Å². The molecule has 4 nitrogen and oxygen atoms in total. The summed E-state index contributed by atoms with van der Waals surface area (Å²) in [4.78, 5) is 10.7. The number of aliphatic hydroxyl groups excluding tert-OH is 1. The number of aliphatic hydroxyl groups is 1. The number of esters is 1. The molecule has 0 aromatic carbocycles. The van der Waals surface area contributed by atoms with Gasteiger partial charge in [-0.1, -0.05) is 0 Å². The number of nitrogens with one attached hydrogen (secondary N) is 1. The average Bonchev–Trinajstić information content (AvgIpc) is 1.98. The highest BCUT2D eigenvalue weighted by molar-refractivity contribution is 5.74. The van der Waals surface area contributed by atoms with Gasteiger partial charge in [-0.3, -0.25) is 4.79 Å². The van der Waals surface area contributed by atoms with Crippen LogP contribution < -0.4 is 5.32 Å². The Balaban J connectivity index is 3.41. The van der Waals surface area contributed by atoms with Crippen LogP contribution in [0.15, 0.2) is 0 Å². The van der Waals surface area contributed by atoms with Crippen molar-refractivity contribution in [1.29, 1.82) is 0 Å². The van der Waals surface area contributed by atoms with Crippen molar-refractivity contribution in [2.75, 3.05) is 20.3 Å². The lowest BCUT2D eigenvalue weighted by atomic mass is 10.3. The van der Waals surface area contributed by atoms with Crippen molar-refractivity contribution in [2.45, 2.75) is 13.0 Å². The first-order valence-electron chi connectivity index (χ1n) is 3.14. The zero-order chi connectivity index (χ0) is 7.98. The minimum absolute atomic E-state index is 0.0291. The van der Waals surface area contributed by atoms with E-state index in [0.29, 0.717) is 6.54 Å². The largest absolute Gasteiger partial charge is 0.468 e. The number of hydrogen-bond acceptors (Lipinski definition) is 4. The van der Waals surface area contributed by atoms with E-state index in [-0.39, 0.29) is 18.6 Å². The lowest BCUT2D eigenvalue weighted by Gasteiger charge is -2.08. The van der Waals surface area contributed by atoms with Gasteiger partial charge in [-0.15, -0.1) is 0 Å². The predicted molar refractivity (Wildman–Crippen MR) is 36.6 cm³/mol. The summed E-state index contributed by atoms with van der Waals surface area (Å²) in [5, 5.41) is 11.1. The molecule has 0 amide bonds. The zero-order valence-electron chi connectivity index (χ0n) is 6.26. The van der Waals surface area contributed by atoms with E-state index in [1.165, 1.54) is 7.11 Å². The highest BCUT2D eigenvalue weighted by atomic mass is 16.5. The monoisotopic (exact) mass is 147 g/mol. The van der Waals surface area contributed by atoms with Crippen LogP contribution in [-0.4, -0.2) is 37.4 Å². The second-order valence-electron chi connectivity index (χ2n) is 1.92. The lowest BCUT2D eigenvalue weighted by molar-refractivity contribution is -0.142. The van der Waals surface area contributed by atoms with Gasteiger partial charge >= 0.3 is 5.97 Å². The van der Waals surface area contributed by atoms with Crippen LogP contribution in [0.25, 0.3) is 0 Å². The molecule has 0 saturated carbocycles. The van der Waals surface area contributed by atoms with Gasteiger partial charge in [0.25, 0.3) is 0 Å². The molecule has 0 aromatic rings. The van der Waals surface area contributed by atoms with E-state index < -0.39 is 0 Å². The molecule has 2 N–H and O–H groups in total. The van der Waals surface area contributed by atoms with Crippen molar-refractivity contribution in [3.8, 4) is 0 Å². The number of ether oxygens (including phenoxy) is 1. The third-order valence-electron chi connectivity index (χ3n) is 1.12. The van der Waals surface area contributed by atoms with Crippen molar-refractivity contribution in [2.24, 2.45) is 0 Å². The van der Waals surface area contributed by atoms with E-state index in [4.69, 9.17) is 5.11 Å². The van der Waals surface area contributed by atoms with Crippen LogP contribution in [0, 0.1) is 0 Å². The molecule has 0 heterocycles. The van der Waals surface area contributed by atoms with Gasteiger partial charge in [0, 0.05) is 6.54 Å². The minimum Gasteiger partial charge on any atom is -0.468 e. The Morgan fingerprint density at radius 2 is 2.40 bits per heavy atom. The van der Waals surface area contributed by atoms with Crippen molar-refractivity contribution < 1.29 is 14.6 Å². The molecule has 0 fully saturated rings. The van der Waals surface area contributed by atoms with Crippen LogP contribution in [0.2, 0.25) is 0 Å². The summed E-state index contributed by atoms with van der Waals surface area (Å²) >= 11 is 0. The molecule has 0 rings (SSSR count). The summed E-state index contributed by atoms with van der Waals surface area (Å²) in [6.45, 7) is 2.12. The fraction of sp³-hybridized carbons (Fsp3) is 0.833. The summed E-state index contributed by atoms with van der Waals surface area (Å²) < 4.78 is 4.43. The summed E-state index contributed by atoms with van der Waals surface area (Å²) in [5.41, 5.74) is 0. The number of hydrogen-bond donors (Lipinski definition) is 2. The van der Waals surface area contributed by atoms with E-state index in [1.807, 2.05) is 0 Å². The number of carbonyl (C=O) groups is 1. The second kappa shape index (κ2) is 5.20. The number of carbonyl (C=O) groups excluding carboxylic acids is 1. The summed E-state index contributed by atoms with van der Waals surface area (Å²) in [5.74, 6) is -0.312. The average molecular weight is 147 g/mol. The van der Waals surface area contributed by atoms with Crippen molar-refractivity contribution in [3.63, 3.8) is 0 Å². The number of methoxy groups -OCH3 is 1. The first-order chi connectivity index (χ1) is 4.72. The second-order valence-corrected chi connectivity index (χ2v) is 1.92. The standard InChI is InChI=1S/C6H13NO3/c1-5(6(9)10-2)7-3-4-8/h5,7-8H,3-4H2,1-2H3/t5-/m0/s1. The van der Waals surface area contributed by atoms with Gasteiger partial charge in [-0.25, -0.2) is 0 Å². The Bertz CT molecular complexity index is 105. The maximum atomic E-state index is 10.7. The van der Waals surface area contributed by atoms with Gasteiger partial charge in [-0.05, 0) is 6.92 Å². The Morgan fingerprint density at radius 1 is 1.80 bits per heavy atom. The minimum atomic E-state index is -0.336. The van der Waals surface area contributed by atoms with Crippen molar-refractivity contribution in [1.82, 2.24) is 5.32 Å². The topological polar surface area (TPSA) is 58.6 Å². The highest BCUT2D eigenvalue weighted by Crippen LogP contribution is 1.83. The van der Waals surface area contributed by atoms with Crippen molar-refractivity contribution >= 4 is 5.97 Å². The normalized spacial score (nSPS) is 12.7. The SMILES string of the molecule is COC(=O)[C@H](C)NCCO. The molecule has 0 aliphatic heterocycles. The predicted octanol–water partition coefficient (Wildman–Crippen LogP) is -0.870. The highest BCUT2D eigenvalue weighted by Gasteiger charge is 2.10. The number of rotatable bonds is 4. The van der Waals surface area contributed by atoms with Crippen LogP contribution >= 0.6 is 0 Å². The molecule has 0 unspecified atom stereocenters. The Hall–Kier alpha value is -0.610. The molecule has 10 heavy (non-hydrogen) atoms. The van der Waals surface area contributed by atoms with Crippen LogP contribution in [0.4, 0.5) is 0 Å². The zero-order valence-corrected chi connectivity index (χ0v) is 6.26. The smallest absolute Gasteiger partial charge is 0.322 e. The third kappa shape index (κ3) is 3.42. The molecule has 1 atom stereocenters. The fourth-order valence-corrected chi connectivity index (χ4v) is 0.541. The van der Waals surface area contributed by atoms with E-state index in [0.717, 1.165) is 0 Å². The van der Waals surface area contributed by atoms with E-state index >= 15 is 0 Å². The molecule has 4 heteroatoms. The molecule has 0 spiro atoms. The molecule has 0 aromatic heterocycles. The molecule has 0 aliphatic carbocycles. The fourth-order valence-electron chi connectivity index (χ4n) is 0.541. The summed E-state index contributed by atoms with van der Waals surface area (Å²) in [6, 6.07) is -0.336. The quantitative estimate of drug-likeness (QED) is 0.507. The Kier molecular flexibility index (Phi) is 4.88. The Morgan fingerprint density at radius 3 is 2.80 bits per heavy atom. The maximum absolute atomic E-state index is 10.7. The van der Waals surface area contributed by atoms with Crippen molar-refractivity contribution in [3.05, 3.63) is 0 Å². The van der Waals surface area contributed by atoms with Gasteiger partial charge in [0.1, 0.15) is 6.04 Å². The molecule has 0 aliphatic rings. The van der Waals surface area contributed by atoms with Crippen LogP contribution in [0.1, 0.15) is 6.92 Å². The summed E-state index contributed by atoms with van der Waals surface area (Å²) in [6.07, 6.45) is 0. The first-order valence-corrected chi connectivity index (χ1v) is 3.14. The van der Waals surface area contributed by atoms with Gasteiger partial charge in [0.15, 0.2) is 0 Å². The summed E-state index contributed by atoms with van der Waals surface area (Å²) in [7, 11) is 1.33.